The molecule has 13 heavy (non-hydrogen) atoms. The Kier molecular flexibility index (Phi) is 3.73. The maximum atomic E-state index is 3.90. The molecule has 0 saturated carbocycles. The molecule has 1 nitrogen and oxygen atoms in total. The number of rotatable bonds is 3. The van der Waals surface area contributed by atoms with E-state index in [1.165, 1.54) is 13.0 Å². The molecule has 0 aromatic rings. The van der Waals surface area contributed by atoms with Gasteiger partial charge in [0.2, 0.25) is 0 Å². The summed E-state index contributed by atoms with van der Waals surface area (Å²) in [6.07, 6.45) is 5.41. The van der Waals surface area contributed by atoms with Crippen molar-refractivity contribution in [2.45, 2.75) is 26.3 Å². The summed E-state index contributed by atoms with van der Waals surface area (Å²) in [7, 11) is 0. The number of piperidine rings is 1. The van der Waals surface area contributed by atoms with E-state index in [4.69, 9.17) is 0 Å². The van der Waals surface area contributed by atoms with Gasteiger partial charge in [0, 0.05) is 12.6 Å². The van der Waals surface area contributed by atoms with Gasteiger partial charge in [0.1, 0.15) is 0 Å². The highest BCUT2D eigenvalue weighted by atomic mass is 15.2. The zero-order valence-corrected chi connectivity index (χ0v) is 8.87. The van der Waals surface area contributed by atoms with E-state index < -0.39 is 0 Å². The third-order valence-electron chi connectivity index (χ3n) is 3.08. The minimum atomic E-state index is 0.605. The predicted octanol–water partition coefficient (Wildman–Crippen LogP) is 2.70. The third-order valence-corrected chi connectivity index (χ3v) is 3.08. The van der Waals surface area contributed by atoms with Crippen LogP contribution in [0.4, 0.5) is 0 Å². The van der Waals surface area contributed by atoms with Gasteiger partial charge in [0.05, 0.1) is 0 Å². The van der Waals surface area contributed by atoms with Crippen molar-refractivity contribution in [3.63, 3.8) is 0 Å². The average molecular weight is 179 g/mol. The average Bonchev–Trinajstić information content (AvgIpc) is 2.16. The lowest BCUT2D eigenvalue weighted by Gasteiger charge is -2.38. The largest absolute Gasteiger partial charge is 0.300 e. The molecule has 0 aromatic heterocycles. The highest BCUT2D eigenvalue weighted by molar-refractivity contribution is 4.98. The van der Waals surface area contributed by atoms with Crippen LogP contribution in [-0.2, 0) is 0 Å². The Hall–Kier alpha value is -0.560. The van der Waals surface area contributed by atoms with E-state index in [9.17, 15) is 0 Å². The summed E-state index contributed by atoms with van der Waals surface area (Å²) in [4.78, 5) is 2.52. The zero-order valence-electron chi connectivity index (χ0n) is 8.87. The van der Waals surface area contributed by atoms with Gasteiger partial charge in [-0.2, -0.15) is 0 Å². The maximum absolute atomic E-state index is 3.90. The second-order valence-electron chi connectivity index (χ2n) is 4.18. The summed E-state index contributed by atoms with van der Waals surface area (Å²) in [5, 5.41) is 0. The monoisotopic (exact) mass is 179 g/mol. The van der Waals surface area contributed by atoms with Gasteiger partial charge in [-0.25, -0.2) is 0 Å². The molecule has 2 atom stereocenters. The molecule has 0 bridgehead atoms. The Balaban J connectivity index is 2.57. The third kappa shape index (κ3) is 2.44. The Morgan fingerprint density at radius 3 is 2.31 bits per heavy atom. The molecule has 1 fully saturated rings. The van der Waals surface area contributed by atoms with Crippen LogP contribution >= 0.6 is 0 Å². The van der Waals surface area contributed by atoms with E-state index in [-0.39, 0.29) is 0 Å². The van der Waals surface area contributed by atoms with Crippen LogP contribution in [0.3, 0.4) is 0 Å². The second-order valence-corrected chi connectivity index (χ2v) is 4.18. The first kappa shape index (κ1) is 10.5. The summed E-state index contributed by atoms with van der Waals surface area (Å²) in [6.45, 7) is 14.7. The van der Waals surface area contributed by atoms with Crippen molar-refractivity contribution in [2.24, 2.45) is 11.8 Å². The van der Waals surface area contributed by atoms with Gasteiger partial charge in [0.15, 0.2) is 0 Å². The summed E-state index contributed by atoms with van der Waals surface area (Å²) >= 11 is 0. The van der Waals surface area contributed by atoms with Crippen molar-refractivity contribution >= 4 is 0 Å². The van der Waals surface area contributed by atoms with Crippen molar-refractivity contribution in [2.75, 3.05) is 13.1 Å². The van der Waals surface area contributed by atoms with Crippen LogP contribution in [-0.4, -0.2) is 24.0 Å². The van der Waals surface area contributed by atoms with Crippen molar-refractivity contribution in [1.29, 1.82) is 0 Å². The summed E-state index contributed by atoms with van der Waals surface area (Å²) in [5.41, 5.74) is 0. The quantitative estimate of drug-likeness (QED) is 0.602. The molecule has 1 aliphatic heterocycles. The van der Waals surface area contributed by atoms with E-state index in [1.807, 2.05) is 0 Å². The highest BCUT2D eigenvalue weighted by Crippen LogP contribution is 2.26. The Labute approximate surface area is 82.1 Å². The minimum absolute atomic E-state index is 0.605. The molecule has 0 radical (unpaired) electrons. The van der Waals surface area contributed by atoms with Crippen molar-refractivity contribution < 1.29 is 0 Å². The molecule has 1 saturated heterocycles. The molecule has 1 heteroatoms. The molecule has 0 aromatic carbocycles. The number of hydrogen-bond donors (Lipinski definition) is 0. The van der Waals surface area contributed by atoms with Crippen molar-refractivity contribution in [3.8, 4) is 0 Å². The highest BCUT2D eigenvalue weighted by Gasteiger charge is 2.25. The lowest BCUT2D eigenvalue weighted by molar-refractivity contribution is 0.133. The number of hydrogen-bond acceptors (Lipinski definition) is 1. The SMILES string of the molecule is C=CC1CCN(C(C)C)CC1C=C. The van der Waals surface area contributed by atoms with E-state index in [1.54, 1.807) is 0 Å². The Bertz CT molecular complexity index is 184. The molecule has 0 aliphatic carbocycles. The predicted molar refractivity (Wildman–Crippen MR) is 58.7 cm³/mol. The van der Waals surface area contributed by atoms with Gasteiger partial charge in [-0.15, -0.1) is 13.2 Å². The topological polar surface area (TPSA) is 3.24 Å². The molecule has 1 aliphatic rings. The zero-order chi connectivity index (χ0) is 9.84. The van der Waals surface area contributed by atoms with E-state index in [0.717, 1.165) is 6.54 Å². The van der Waals surface area contributed by atoms with Gasteiger partial charge in [-0.3, -0.25) is 0 Å². The molecule has 74 valence electrons. The maximum Gasteiger partial charge on any atom is 0.00526 e. The van der Waals surface area contributed by atoms with Crippen LogP contribution in [0.15, 0.2) is 25.3 Å². The Morgan fingerprint density at radius 2 is 1.85 bits per heavy atom. The molecule has 1 rings (SSSR count). The summed E-state index contributed by atoms with van der Waals surface area (Å²) in [6, 6.07) is 0.660. The molecular formula is C12H21N. The van der Waals surface area contributed by atoms with Crippen molar-refractivity contribution in [3.05, 3.63) is 25.3 Å². The van der Waals surface area contributed by atoms with E-state index in [0.29, 0.717) is 17.9 Å². The first-order chi connectivity index (χ1) is 6.19. The summed E-state index contributed by atoms with van der Waals surface area (Å²) < 4.78 is 0. The standard InChI is InChI=1S/C12H21N/c1-5-11-7-8-13(10(3)4)9-12(11)6-2/h5-6,10-12H,1-2,7-9H2,3-4H3. The second kappa shape index (κ2) is 4.61. The number of nitrogens with zero attached hydrogens (tertiary/aromatic N) is 1. The molecule has 0 spiro atoms. The fourth-order valence-corrected chi connectivity index (χ4v) is 2.04. The lowest BCUT2D eigenvalue weighted by Crippen LogP contribution is -2.42. The van der Waals surface area contributed by atoms with E-state index in [2.05, 4.69) is 44.1 Å². The fourth-order valence-electron chi connectivity index (χ4n) is 2.04. The van der Waals surface area contributed by atoms with Crippen LogP contribution in [0.1, 0.15) is 20.3 Å². The number of allylic oxidation sites excluding steroid dienone is 1. The van der Waals surface area contributed by atoms with Crippen LogP contribution in [0, 0.1) is 11.8 Å². The molecule has 1 heterocycles. The van der Waals surface area contributed by atoms with Gasteiger partial charge >= 0.3 is 0 Å². The number of likely N-dealkylation sites (tertiary alicyclic amines) is 1. The van der Waals surface area contributed by atoms with Crippen LogP contribution < -0.4 is 0 Å². The first-order valence-corrected chi connectivity index (χ1v) is 5.18. The molecule has 2 unspecified atom stereocenters. The van der Waals surface area contributed by atoms with Gasteiger partial charge in [-0.1, -0.05) is 12.2 Å². The van der Waals surface area contributed by atoms with E-state index >= 15 is 0 Å². The molecule has 0 amide bonds. The smallest absolute Gasteiger partial charge is 0.00526 e. The summed E-state index contributed by atoms with van der Waals surface area (Å²) in [5.74, 6) is 1.25. The fraction of sp³-hybridized carbons (Fsp3) is 0.667. The van der Waals surface area contributed by atoms with Crippen LogP contribution in [0.25, 0.3) is 0 Å². The van der Waals surface area contributed by atoms with Crippen LogP contribution in [0.2, 0.25) is 0 Å². The molecular weight excluding hydrogens is 158 g/mol. The Morgan fingerprint density at radius 1 is 1.23 bits per heavy atom. The molecule has 0 N–H and O–H groups in total. The van der Waals surface area contributed by atoms with Crippen LogP contribution in [0.5, 0.6) is 0 Å². The minimum Gasteiger partial charge on any atom is -0.300 e. The van der Waals surface area contributed by atoms with Gasteiger partial charge in [-0.05, 0) is 38.6 Å². The van der Waals surface area contributed by atoms with Gasteiger partial charge in [0.25, 0.3) is 0 Å². The van der Waals surface area contributed by atoms with Crippen molar-refractivity contribution in [1.82, 2.24) is 4.90 Å². The lowest BCUT2D eigenvalue weighted by atomic mass is 9.85. The normalized spacial score (nSPS) is 30.4. The first-order valence-electron chi connectivity index (χ1n) is 5.18. The van der Waals surface area contributed by atoms with Gasteiger partial charge < -0.3 is 4.90 Å².